The van der Waals surface area contributed by atoms with Crippen LogP contribution in [0.15, 0.2) is 48.5 Å². The minimum Gasteiger partial charge on any atom is -0.356 e. The fourth-order valence-corrected chi connectivity index (χ4v) is 1.85. The maximum absolute atomic E-state index is 8.75. The van der Waals surface area contributed by atoms with Crippen molar-refractivity contribution in [3.05, 3.63) is 59.7 Å². The molecule has 0 amide bonds. The average molecular weight is 250 g/mol. The summed E-state index contributed by atoms with van der Waals surface area (Å²) in [6.45, 7) is 6.61. The highest BCUT2D eigenvalue weighted by Gasteiger charge is 2.12. The van der Waals surface area contributed by atoms with Gasteiger partial charge < -0.3 is 5.32 Å². The first kappa shape index (κ1) is 13.2. The lowest BCUT2D eigenvalue weighted by molar-refractivity contribution is 0.590. The van der Waals surface area contributed by atoms with Crippen LogP contribution in [-0.2, 0) is 5.41 Å². The fraction of sp³-hybridized carbons (Fsp3) is 0.235. The predicted molar refractivity (Wildman–Crippen MR) is 79.6 cm³/mol. The molecule has 0 bridgehead atoms. The van der Waals surface area contributed by atoms with Gasteiger partial charge in [0.05, 0.1) is 11.6 Å². The van der Waals surface area contributed by atoms with Crippen molar-refractivity contribution in [2.75, 3.05) is 5.32 Å². The lowest BCUT2D eigenvalue weighted by Crippen LogP contribution is -2.10. The van der Waals surface area contributed by atoms with E-state index < -0.39 is 0 Å². The van der Waals surface area contributed by atoms with Gasteiger partial charge >= 0.3 is 0 Å². The summed E-state index contributed by atoms with van der Waals surface area (Å²) in [5, 5.41) is 12.1. The van der Waals surface area contributed by atoms with Gasteiger partial charge in [-0.25, -0.2) is 0 Å². The quantitative estimate of drug-likeness (QED) is 0.845. The van der Waals surface area contributed by atoms with Gasteiger partial charge in [-0.2, -0.15) is 5.26 Å². The van der Waals surface area contributed by atoms with E-state index in [1.807, 2.05) is 24.3 Å². The summed E-state index contributed by atoms with van der Waals surface area (Å²) >= 11 is 0. The molecule has 0 aliphatic carbocycles. The molecule has 0 spiro atoms. The van der Waals surface area contributed by atoms with Crippen LogP contribution in [0, 0.1) is 11.3 Å². The molecule has 2 rings (SSSR count). The van der Waals surface area contributed by atoms with E-state index in [1.165, 1.54) is 5.56 Å². The maximum Gasteiger partial charge on any atom is 0.0991 e. The van der Waals surface area contributed by atoms with Crippen LogP contribution in [0.1, 0.15) is 31.9 Å². The van der Waals surface area contributed by atoms with Crippen molar-refractivity contribution in [2.24, 2.45) is 0 Å². The zero-order chi connectivity index (χ0) is 13.9. The number of nitrogens with zero attached hydrogens (tertiary/aromatic N) is 1. The van der Waals surface area contributed by atoms with Gasteiger partial charge in [-0.3, -0.25) is 0 Å². The summed E-state index contributed by atoms with van der Waals surface area (Å²) in [7, 11) is 0. The number of hydrogen-bond donors (Lipinski definition) is 1. The number of nitriles is 1. The monoisotopic (exact) mass is 250 g/mol. The number of nitrogens with one attached hydrogen (secondary N) is 1. The summed E-state index contributed by atoms with van der Waals surface area (Å²) < 4.78 is 0. The first-order chi connectivity index (χ1) is 8.99. The highest BCUT2D eigenvalue weighted by atomic mass is 14.9. The Morgan fingerprint density at radius 3 is 1.74 bits per heavy atom. The van der Waals surface area contributed by atoms with Crippen molar-refractivity contribution < 1.29 is 0 Å². The van der Waals surface area contributed by atoms with Gasteiger partial charge in [0.25, 0.3) is 0 Å². The van der Waals surface area contributed by atoms with Crippen molar-refractivity contribution in [1.29, 1.82) is 5.26 Å². The Bertz CT molecular complexity index is 581. The largest absolute Gasteiger partial charge is 0.356 e. The van der Waals surface area contributed by atoms with E-state index in [4.69, 9.17) is 5.26 Å². The molecule has 0 unspecified atom stereocenters. The zero-order valence-corrected chi connectivity index (χ0v) is 11.6. The number of hydrogen-bond acceptors (Lipinski definition) is 2. The molecule has 0 aliphatic rings. The predicted octanol–water partition coefficient (Wildman–Crippen LogP) is 4.60. The third kappa shape index (κ3) is 3.35. The fourth-order valence-electron chi connectivity index (χ4n) is 1.85. The lowest BCUT2D eigenvalue weighted by atomic mass is 9.87. The zero-order valence-electron chi connectivity index (χ0n) is 11.6. The molecule has 2 heteroatoms. The normalized spacial score (nSPS) is 10.8. The summed E-state index contributed by atoms with van der Waals surface area (Å²) in [6.07, 6.45) is 0. The van der Waals surface area contributed by atoms with Crippen molar-refractivity contribution in [1.82, 2.24) is 0 Å². The summed E-state index contributed by atoms with van der Waals surface area (Å²) in [5.74, 6) is 0. The van der Waals surface area contributed by atoms with E-state index in [2.05, 4.69) is 56.4 Å². The second-order valence-corrected chi connectivity index (χ2v) is 5.64. The minimum atomic E-state index is 0.174. The van der Waals surface area contributed by atoms with E-state index in [9.17, 15) is 0 Å². The number of benzene rings is 2. The van der Waals surface area contributed by atoms with Crippen LogP contribution in [-0.4, -0.2) is 0 Å². The van der Waals surface area contributed by atoms with Crippen LogP contribution in [0.2, 0.25) is 0 Å². The second-order valence-electron chi connectivity index (χ2n) is 5.64. The number of rotatable bonds is 2. The van der Waals surface area contributed by atoms with Crippen molar-refractivity contribution in [3.8, 4) is 6.07 Å². The van der Waals surface area contributed by atoms with E-state index in [0.717, 1.165) is 11.4 Å². The van der Waals surface area contributed by atoms with Crippen molar-refractivity contribution in [2.45, 2.75) is 26.2 Å². The van der Waals surface area contributed by atoms with E-state index in [0.29, 0.717) is 5.56 Å². The Hall–Kier alpha value is -2.27. The summed E-state index contributed by atoms with van der Waals surface area (Å²) in [4.78, 5) is 0. The standard InChI is InChI=1S/C17H18N2/c1-17(2,3)14-6-10-16(11-7-14)19-15-8-4-13(12-18)5-9-15/h4-11,19H,1-3H3. The molecule has 96 valence electrons. The molecular weight excluding hydrogens is 232 g/mol. The van der Waals surface area contributed by atoms with Crippen LogP contribution in [0.4, 0.5) is 11.4 Å². The Morgan fingerprint density at radius 2 is 1.32 bits per heavy atom. The molecular formula is C17H18N2. The molecule has 0 saturated heterocycles. The van der Waals surface area contributed by atoms with Crippen molar-refractivity contribution >= 4 is 11.4 Å². The number of anilines is 2. The van der Waals surface area contributed by atoms with Gasteiger partial charge in [-0.15, -0.1) is 0 Å². The van der Waals surface area contributed by atoms with Gasteiger partial charge in [-0.1, -0.05) is 32.9 Å². The molecule has 0 radical (unpaired) electrons. The second kappa shape index (κ2) is 5.16. The molecule has 0 atom stereocenters. The first-order valence-electron chi connectivity index (χ1n) is 6.37. The molecule has 0 heterocycles. The van der Waals surface area contributed by atoms with Gasteiger partial charge in [0, 0.05) is 11.4 Å². The smallest absolute Gasteiger partial charge is 0.0991 e. The van der Waals surface area contributed by atoms with Gasteiger partial charge in [0.15, 0.2) is 0 Å². The Kier molecular flexibility index (Phi) is 3.57. The van der Waals surface area contributed by atoms with Gasteiger partial charge in [0.1, 0.15) is 0 Å². The van der Waals surface area contributed by atoms with E-state index >= 15 is 0 Å². The SMILES string of the molecule is CC(C)(C)c1ccc(Nc2ccc(C#N)cc2)cc1. The topological polar surface area (TPSA) is 35.8 Å². The molecule has 0 aliphatic heterocycles. The Balaban J connectivity index is 2.13. The Morgan fingerprint density at radius 1 is 0.842 bits per heavy atom. The molecule has 1 N–H and O–H groups in total. The van der Waals surface area contributed by atoms with Crippen molar-refractivity contribution in [3.63, 3.8) is 0 Å². The van der Waals surface area contributed by atoms with Crippen LogP contribution in [0.25, 0.3) is 0 Å². The molecule has 0 fully saturated rings. The summed E-state index contributed by atoms with van der Waals surface area (Å²) in [6, 6.07) is 18.0. The first-order valence-corrected chi connectivity index (χ1v) is 6.37. The highest BCUT2D eigenvalue weighted by Crippen LogP contribution is 2.24. The maximum atomic E-state index is 8.75. The average Bonchev–Trinajstić information content (AvgIpc) is 2.39. The van der Waals surface area contributed by atoms with E-state index in [1.54, 1.807) is 0 Å². The third-order valence-corrected chi connectivity index (χ3v) is 3.05. The van der Waals surface area contributed by atoms with Crippen LogP contribution in [0.3, 0.4) is 0 Å². The van der Waals surface area contributed by atoms with Crippen LogP contribution < -0.4 is 5.32 Å². The summed E-state index contributed by atoms with van der Waals surface area (Å²) in [5.41, 5.74) is 4.21. The van der Waals surface area contributed by atoms with Gasteiger partial charge in [-0.05, 0) is 47.4 Å². The minimum absolute atomic E-state index is 0.174. The molecule has 0 saturated carbocycles. The molecule has 0 aromatic heterocycles. The Labute approximate surface area is 114 Å². The molecule has 2 aromatic carbocycles. The third-order valence-electron chi connectivity index (χ3n) is 3.05. The van der Waals surface area contributed by atoms with Crippen LogP contribution >= 0.6 is 0 Å². The lowest BCUT2D eigenvalue weighted by Gasteiger charge is -2.19. The van der Waals surface area contributed by atoms with E-state index in [-0.39, 0.29) is 5.41 Å². The molecule has 2 aromatic rings. The molecule has 2 nitrogen and oxygen atoms in total. The van der Waals surface area contributed by atoms with Crippen LogP contribution in [0.5, 0.6) is 0 Å². The highest BCUT2D eigenvalue weighted by molar-refractivity contribution is 5.60. The van der Waals surface area contributed by atoms with Gasteiger partial charge in [0.2, 0.25) is 0 Å². The molecule has 19 heavy (non-hydrogen) atoms.